The second-order valence-electron chi connectivity index (χ2n) is 5.16. The average molecular weight is 379 g/mol. The van der Waals surface area contributed by atoms with Crippen molar-refractivity contribution < 1.29 is 13.5 Å². The van der Waals surface area contributed by atoms with Crippen LogP contribution in [0, 0.1) is 0 Å². The number of aromatic amines is 1. The maximum atomic E-state index is 11.2. The van der Waals surface area contributed by atoms with Crippen LogP contribution in [0.2, 0.25) is 5.02 Å². The van der Waals surface area contributed by atoms with Crippen molar-refractivity contribution in [1.29, 1.82) is 0 Å². The van der Waals surface area contributed by atoms with E-state index in [1.807, 2.05) is 30.3 Å². The fourth-order valence-corrected chi connectivity index (χ4v) is 3.04. The number of H-pyrrole nitrogens is 1. The van der Waals surface area contributed by atoms with Crippen LogP contribution in [0.5, 0.6) is 0 Å². The first-order valence-electron chi connectivity index (χ1n) is 7.65. The van der Waals surface area contributed by atoms with Crippen LogP contribution in [0.3, 0.4) is 0 Å². The number of nitrogens with one attached hydrogen (secondary N) is 1. The second kappa shape index (κ2) is 8.80. The predicted octanol–water partition coefficient (Wildman–Crippen LogP) is 3.70. The zero-order valence-corrected chi connectivity index (χ0v) is 15.3. The molecule has 0 bridgehead atoms. The molecule has 0 unspecified atom stereocenters. The molecule has 7 heteroatoms. The number of halogens is 1. The number of rotatable bonds is 4. The Bertz CT molecular complexity index is 892. The fourth-order valence-electron chi connectivity index (χ4n) is 2.01. The minimum atomic E-state index is -3.00. The maximum Gasteiger partial charge on any atom is 0.178 e. The van der Waals surface area contributed by atoms with Gasteiger partial charge in [0.2, 0.25) is 0 Å². The molecular weight excluding hydrogens is 360 g/mol. The van der Waals surface area contributed by atoms with Gasteiger partial charge in [0.15, 0.2) is 9.84 Å². The van der Waals surface area contributed by atoms with E-state index in [0.717, 1.165) is 11.3 Å². The third-order valence-electron chi connectivity index (χ3n) is 3.42. The highest BCUT2D eigenvalue weighted by atomic mass is 35.5. The van der Waals surface area contributed by atoms with Crippen molar-refractivity contribution in [2.75, 3.05) is 5.75 Å². The topological polar surface area (TPSA) is 83.1 Å². The van der Waals surface area contributed by atoms with E-state index in [2.05, 4.69) is 10.2 Å². The molecule has 3 aromatic rings. The van der Waals surface area contributed by atoms with E-state index in [0.29, 0.717) is 15.6 Å². The van der Waals surface area contributed by atoms with Crippen LogP contribution in [-0.2, 0) is 16.4 Å². The summed E-state index contributed by atoms with van der Waals surface area (Å²) >= 11 is 5.76. The van der Waals surface area contributed by atoms with E-state index in [9.17, 15) is 8.42 Å². The Morgan fingerprint density at radius 1 is 1.08 bits per heavy atom. The van der Waals surface area contributed by atoms with Gasteiger partial charge in [-0.15, -0.1) is 0 Å². The monoisotopic (exact) mass is 378 g/mol. The van der Waals surface area contributed by atoms with E-state index in [4.69, 9.17) is 16.7 Å². The van der Waals surface area contributed by atoms with Crippen molar-refractivity contribution in [2.45, 2.75) is 18.4 Å². The molecule has 2 aromatic carbocycles. The summed E-state index contributed by atoms with van der Waals surface area (Å²) in [6, 6.07) is 17.7. The van der Waals surface area contributed by atoms with Crippen LogP contribution in [0.25, 0.3) is 11.3 Å². The van der Waals surface area contributed by atoms with E-state index < -0.39 is 9.84 Å². The smallest absolute Gasteiger partial charge is 0.178 e. The first-order valence-corrected chi connectivity index (χ1v) is 9.68. The highest BCUT2D eigenvalue weighted by Gasteiger charge is 2.08. The van der Waals surface area contributed by atoms with Gasteiger partial charge in [0.05, 0.1) is 28.6 Å². The largest absolute Gasteiger partial charge is 0.390 e. The molecule has 2 N–H and O–H groups in total. The number of sulfone groups is 1. The van der Waals surface area contributed by atoms with Crippen LogP contribution >= 0.6 is 11.6 Å². The van der Waals surface area contributed by atoms with Crippen molar-refractivity contribution in [3.63, 3.8) is 0 Å². The number of hydrogen-bond acceptors (Lipinski definition) is 4. The molecule has 0 saturated carbocycles. The molecule has 0 amide bonds. The standard InChI is InChI=1S/C10H9ClN2O.C8H10O2S/c11-8-3-1-7(2-4-8)10-5-9(6-14)12-13-10;1-2-11(9,10)8-6-4-3-5-7-8/h1-5,14H,6H2,(H,12,13);3-7H,2H2,1H3. The van der Waals surface area contributed by atoms with Crippen LogP contribution in [0.4, 0.5) is 0 Å². The van der Waals surface area contributed by atoms with Gasteiger partial charge in [0.25, 0.3) is 0 Å². The summed E-state index contributed by atoms with van der Waals surface area (Å²) in [6.07, 6.45) is 0. The summed E-state index contributed by atoms with van der Waals surface area (Å²) in [5, 5.41) is 16.3. The molecule has 0 radical (unpaired) electrons. The number of aliphatic hydroxyl groups is 1. The van der Waals surface area contributed by atoms with E-state index >= 15 is 0 Å². The molecule has 0 spiro atoms. The Kier molecular flexibility index (Phi) is 6.75. The molecule has 1 aromatic heterocycles. The highest BCUT2D eigenvalue weighted by Crippen LogP contribution is 2.19. The third-order valence-corrected chi connectivity index (χ3v) is 5.43. The lowest BCUT2D eigenvalue weighted by atomic mass is 10.1. The zero-order valence-electron chi connectivity index (χ0n) is 13.7. The highest BCUT2D eigenvalue weighted by molar-refractivity contribution is 7.91. The van der Waals surface area contributed by atoms with Crippen molar-refractivity contribution in [1.82, 2.24) is 10.2 Å². The van der Waals surface area contributed by atoms with Crippen LogP contribution in [0.1, 0.15) is 12.6 Å². The summed E-state index contributed by atoms with van der Waals surface area (Å²) in [5.74, 6) is 0.164. The minimum absolute atomic E-state index is 0.0272. The summed E-state index contributed by atoms with van der Waals surface area (Å²) in [5.41, 5.74) is 2.49. The molecule has 0 fully saturated rings. The lowest BCUT2D eigenvalue weighted by Gasteiger charge is -1.98. The minimum Gasteiger partial charge on any atom is -0.390 e. The summed E-state index contributed by atoms with van der Waals surface area (Å²) in [6.45, 7) is 1.61. The van der Waals surface area contributed by atoms with E-state index in [1.165, 1.54) is 0 Å². The molecule has 0 saturated heterocycles. The van der Waals surface area contributed by atoms with E-state index in [1.54, 1.807) is 37.3 Å². The van der Waals surface area contributed by atoms with Gasteiger partial charge in [-0.1, -0.05) is 48.9 Å². The normalized spacial score (nSPS) is 10.8. The Morgan fingerprint density at radius 3 is 2.24 bits per heavy atom. The van der Waals surface area contributed by atoms with Crippen molar-refractivity contribution >= 4 is 21.4 Å². The molecule has 0 aliphatic carbocycles. The van der Waals surface area contributed by atoms with Gasteiger partial charge < -0.3 is 5.11 Å². The molecule has 5 nitrogen and oxygen atoms in total. The van der Waals surface area contributed by atoms with Gasteiger partial charge in [0, 0.05) is 10.6 Å². The Labute approximate surface area is 152 Å². The number of aliphatic hydroxyl groups excluding tert-OH is 1. The average Bonchev–Trinajstić information content (AvgIpc) is 3.13. The molecule has 25 heavy (non-hydrogen) atoms. The SMILES string of the molecule is CCS(=O)(=O)c1ccccc1.OCc1cc(-c2ccc(Cl)cc2)n[nH]1. The number of hydrogen-bond donors (Lipinski definition) is 2. The summed E-state index contributed by atoms with van der Waals surface area (Å²) < 4.78 is 22.4. The molecule has 0 atom stereocenters. The molecule has 3 rings (SSSR count). The molecule has 0 aliphatic rings. The third kappa shape index (κ3) is 5.42. The van der Waals surface area contributed by atoms with Crippen LogP contribution < -0.4 is 0 Å². The Hall–Kier alpha value is -2.15. The van der Waals surface area contributed by atoms with Gasteiger partial charge in [-0.3, -0.25) is 5.10 Å². The lowest BCUT2D eigenvalue weighted by Crippen LogP contribution is -2.02. The van der Waals surface area contributed by atoms with Crippen molar-refractivity contribution in [2.24, 2.45) is 0 Å². The lowest BCUT2D eigenvalue weighted by molar-refractivity contribution is 0.276. The summed E-state index contributed by atoms with van der Waals surface area (Å²) in [4.78, 5) is 0.405. The Balaban J connectivity index is 0.000000186. The maximum absolute atomic E-state index is 11.2. The summed E-state index contributed by atoms with van der Waals surface area (Å²) in [7, 11) is -3.00. The van der Waals surface area contributed by atoms with Crippen LogP contribution in [-0.4, -0.2) is 29.5 Å². The first-order chi connectivity index (χ1) is 12.0. The quantitative estimate of drug-likeness (QED) is 0.725. The van der Waals surface area contributed by atoms with E-state index in [-0.39, 0.29) is 12.4 Å². The molecule has 132 valence electrons. The van der Waals surface area contributed by atoms with Gasteiger partial charge in [-0.2, -0.15) is 5.10 Å². The first kappa shape index (κ1) is 19.2. The van der Waals surface area contributed by atoms with Gasteiger partial charge in [-0.05, 0) is 30.3 Å². The van der Waals surface area contributed by atoms with Crippen molar-refractivity contribution in [3.05, 3.63) is 71.4 Å². The second-order valence-corrected chi connectivity index (χ2v) is 7.87. The number of benzene rings is 2. The van der Waals surface area contributed by atoms with Crippen molar-refractivity contribution in [3.8, 4) is 11.3 Å². The number of nitrogens with zero attached hydrogens (tertiary/aromatic N) is 1. The van der Waals surface area contributed by atoms with Gasteiger partial charge >= 0.3 is 0 Å². The predicted molar refractivity (Wildman–Crippen MR) is 99.1 cm³/mol. The molecular formula is C18H19ClN2O3S. The zero-order chi connectivity index (χ0) is 18.3. The van der Waals surface area contributed by atoms with Gasteiger partial charge in [-0.25, -0.2) is 8.42 Å². The Morgan fingerprint density at radius 2 is 1.72 bits per heavy atom. The fraction of sp³-hybridized carbons (Fsp3) is 0.167. The van der Waals surface area contributed by atoms with Gasteiger partial charge in [0.1, 0.15) is 0 Å². The van der Waals surface area contributed by atoms with Crippen LogP contribution in [0.15, 0.2) is 65.6 Å². The molecule has 0 aliphatic heterocycles. The molecule has 1 heterocycles. The number of aromatic nitrogens is 2.